The Morgan fingerprint density at radius 3 is 2.66 bits per heavy atom. The second kappa shape index (κ2) is 8.37. The number of fused-ring (bicyclic) bond motifs is 1. The Hall–Kier alpha value is -3.31. The molecule has 1 heterocycles. The number of carbonyl (C=O) groups excluding carboxylic acids is 2. The Morgan fingerprint density at radius 2 is 1.97 bits per heavy atom. The number of hydrogen-bond acceptors (Lipinski definition) is 8. The lowest BCUT2D eigenvalue weighted by atomic mass is 9.91. The maximum atomic E-state index is 12.4. The first-order valence-corrected chi connectivity index (χ1v) is 8.69. The van der Waals surface area contributed by atoms with Crippen LogP contribution in [-0.2, 0) is 14.4 Å². The van der Waals surface area contributed by atoms with E-state index in [1.807, 2.05) is 0 Å². The summed E-state index contributed by atoms with van der Waals surface area (Å²) in [5.74, 6) is -1.82. The number of primary amides is 1. The van der Waals surface area contributed by atoms with Gasteiger partial charge in [-0.3, -0.25) is 14.4 Å². The molecule has 6 N–H and O–H groups in total. The molecule has 0 radical (unpaired) electrons. The minimum absolute atomic E-state index is 0.0187. The van der Waals surface area contributed by atoms with Crippen LogP contribution in [0.25, 0.3) is 0 Å². The van der Waals surface area contributed by atoms with Crippen LogP contribution in [0, 0.1) is 0 Å². The normalized spacial score (nSPS) is 23.7. The molecule has 0 unspecified atom stereocenters. The number of nitrogens with one attached hydrogen (secondary N) is 1. The zero-order valence-electron chi connectivity index (χ0n) is 15.1. The predicted molar refractivity (Wildman–Crippen MR) is 95.1 cm³/mol. The Labute approximate surface area is 164 Å². The molecule has 0 saturated heterocycles. The van der Waals surface area contributed by atoms with Crippen molar-refractivity contribution in [1.29, 1.82) is 0 Å². The number of carboxylic acid groups (broad SMARTS) is 1. The predicted octanol–water partition coefficient (Wildman–Crippen LogP) is -1.34. The van der Waals surface area contributed by atoms with E-state index in [1.54, 1.807) is 18.2 Å². The van der Waals surface area contributed by atoms with Crippen LogP contribution in [0.15, 0.2) is 29.8 Å². The Kier molecular flexibility index (Phi) is 5.89. The number of aliphatic carboxylic acids is 1. The number of rotatable bonds is 7. The number of aliphatic hydroxyl groups excluding tert-OH is 2. The van der Waals surface area contributed by atoms with Crippen molar-refractivity contribution >= 4 is 17.8 Å². The summed E-state index contributed by atoms with van der Waals surface area (Å²) in [5.41, 5.74) is 5.13. The van der Waals surface area contributed by atoms with E-state index in [0.717, 1.165) is 0 Å². The molecule has 3 rings (SSSR count). The van der Waals surface area contributed by atoms with Crippen LogP contribution in [0.4, 0.5) is 0 Å². The quantitative estimate of drug-likeness (QED) is 0.365. The van der Waals surface area contributed by atoms with E-state index in [9.17, 15) is 24.6 Å². The van der Waals surface area contributed by atoms with Gasteiger partial charge in [0.2, 0.25) is 18.6 Å². The number of amides is 2. The van der Waals surface area contributed by atoms with E-state index in [4.69, 9.17) is 25.1 Å². The van der Waals surface area contributed by atoms with Crippen LogP contribution >= 0.6 is 0 Å². The second-order valence-corrected chi connectivity index (χ2v) is 6.58. The monoisotopic (exact) mass is 408 g/mol. The third-order valence-corrected chi connectivity index (χ3v) is 4.46. The first kappa shape index (κ1) is 20.4. The molecule has 1 aliphatic carbocycles. The highest BCUT2D eigenvalue weighted by Crippen LogP contribution is 2.36. The van der Waals surface area contributed by atoms with Crippen LogP contribution in [0.2, 0.25) is 0 Å². The first-order valence-electron chi connectivity index (χ1n) is 8.69. The fourth-order valence-electron chi connectivity index (χ4n) is 2.96. The minimum Gasteiger partial charge on any atom is -0.483 e. The molecule has 1 aromatic rings. The lowest BCUT2D eigenvalue weighted by molar-refractivity contribution is -0.140. The average molecular weight is 408 g/mol. The third-order valence-electron chi connectivity index (χ3n) is 4.46. The Bertz CT molecular complexity index is 854. The number of carbonyl (C=O) groups is 3. The topological polar surface area (TPSA) is 178 Å². The smallest absolute Gasteiger partial charge is 0.305 e. The number of ether oxygens (including phenoxy) is 3. The number of aliphatic hydroxyl groups is 2. The van der Waals surface area contributed by atoms with Gasteiger partial charge in [0.25, 0.3) is 0 Å². The van der Waals surface area contributed by atoms with E-state index >= 15 is 0 Å². The van der Waals surface area contributed by atoms with Gasteiger partial charge in [-0.25, -0.2) is 0 Å². The summed E-state index contributed by atoms with van der Waals surface area (Å²) >= 11 is 0. The summed E-state index contributed by atoms with van der Waals surface area (Å²) in [6.07, 6.45) is -3.31. The van der Waals surface area contributed by atoms with E-state index in [2.05, 4.69) is 5.32 Å². The van der Waals surface area contributed by atoms with Gasteiger partial charge in [-0.15, -0.1) is 0 Å². The second-order valence-electron chi connectivity index (χ2n) is 6.58. The molecule has 4 atom stereocenters. The molecule has 11 heteroatoms. The summed E-state index contributed by atoms with van der Waals surface area (Å²) in [5, 5.41) is 31.4. The number of hydrogen-bond donors (Lipinski definition) is 5. The molecular formula is C18H20N2O9. The van der Waals surface area contributed by atoms with Crippen molar-refractivity contribution in [1.82, 2.24) is 5.32 Å². The summed E-state index contributed by atoms with van der Waals surface area (Å²) in [4.78, 5) is 34.6. The van der Waals surface area contributed by atoms with Gasteiger partial charge in [0, 0.05) is 18.1 Å². The Morgan fingerprint density at radius 1 is 1.24 bits per heavy atom. The largest absolute Gasteiger partial charge is 0.483 e. The van der Waals surface area contributed by atoms with Gasteiger partial charge in [-0.05, 0) is 18.2 Å². The standard InChI is InChI=1S/C18H20N2O9/c19-17(25)10(6-15(22)23)20-18(26)8-3-11(21)16(24)14(4-8)29-9-1-2-12-13(5-9)28-7-27-12/h1-2,4-5,10-11,14,16,21,24H,3,6-7H2,(H2,19,25)(H,20,26)(H,22,23)/t10-,11-,14-,16-/m1/s1. The van der Waals surface area contributed by atoms with Crippen molar-refractivity contribution in [2.75, 3.05) is 6.79 Å². The maximum Gasteiger partial charge on any atom is 0.305 e. The van der Waals surface area contributed by atoms with Crippen molar-refractivity contribution in [3.63, 3.8) is 0 Å². The van der Waals surface area contributed by atoms with Crippen LogP contribution in [0.1, 0.15) is 12.8 Å². The van der Waals surface area contributed by atoms with Crippen LogP contribution < -0.4 is 25.3 Å². The van der Waals surface area contributed by atoms with Crippen LogP contribution in [0.5, 0.6) is 17.2 Å². The average Bonchev–Trinajstić information content (AvgIpc) is 3.12. The molecule has 0 spiro atoms. The molecule has 2 amide bonds. The lowest BCUT2D eigenvalue weighted by Crippen LogP contribution is -2.49. The summed E-state index contributed by atoms with van der Waals surface area (Å²) < 4.78 is 16.1. The fourth-order valence-corrected chi connectivity index (χ4v) is 2.96. The molecule has 0 saturated carbocycles. The maximum absolute atomic E-state index is 12.4. The van der Waals surface area contributed by atoms with Gasteiger partial charge in [0.1, 0.15) is 24.0 Å². The fraction of sp³-hybridized carbons (Fsp3) is 0.389. The van der Waals surface area contributed by atoms with Crippen molar-refractivity contribution < 1.29 is 43.9 Å². The van der Waals surface area contributed by atoms with Gasteiger partial charge < -0.3 is 40.6 Å². The molecule has 156 valence electrons. The molecule has 0 fully saturated rings. The lowest BCUT2D eigenvalue weighted by Gasteiger charge is -2.31. The van der Waals surface area contributed by atoms with Gasteiger partial charge in [-0.2, -0.15) is 0 Å². The zero-order valence-corrected chi connectivity index (χ0v) is 15.1. The van der Waals surface area contributed by atoms with E-state index < -0.39 is 48.6 Å². The van der Waals surface area contributed by atoms with Crippen molar-refractivity contribution in [2.45, 2.75) is 37.2 Å². The molecule has 1 aromatic carbocycles. The van der Waals surface area contributed by atoms with Crippen molar-refractivity contribution in [2.24, 2.45) is 5.73 Å². The summed E-state index contributed by atoms with van der Waals surface area (Å²) in [6, 6.07) is 3.31. The number of carboxylic acids is 1. The van der Waals surface area contributed by atoms with Gasteiger partial charge in [0.05, 0.1) is 12.5 Å². The minimum atomic E-state index is -1.42. The molecular weight excluding hydrogens is 388 g/mol. The highest BCUT2D eigenvalue weighted by atomic mass is 16.7. The number of benzene rings is 1. The van der Waals surface area contributed by atoms with Crippen molar-refractivity contribution in [3.05, 3.63) is 29.8 Å². The SMILES string of the molecule is NC(=O)[C@@H](CC(=O)O)NC(=O)C1=C[C@@H](Oc2ccc3c(c2)OCO3)[C@H](O)[C@H](O)C1. The first-order chi connectivity index (χ1) is 13.7. The summed E-state index contributed by atoms with van der Waals surface area (Å²) in [6.45, 7) is 0.0746. The van der Waals surface area contributed by atoms with Gasteiger partial charge >= 0.3 is 5.97 Å². The van der Waals surface area contributed by atoms with Crippen LogP contribution in [-0.4, -0.2) is 64.2 Å². The Balaban J connectivity index is 1.75. The molecule has 2 aliphatic rings. The van der Waals surface area contributed by atoms with Gasteiger partial charge in [0.15, 0.2) is 11.5 Å². The molecule has 11 nitrogen and oxygen atoms in total. The van der Waals surface area contributed by atoms with Crippen molar-refractivity contribution in [3.8, 4) is 17.2 Å². The number of nitrogens with two attached hydrogens (primary N) is 1. The molecule has 1 aliphatic heterocycles. The van der Waals surface area contributed by atoms with E-state index in [-0.39, 0.29) is 18.8 Å². The highest BCUT2D eigenvalue weighted by Gasteiger charge is 2.35. The van der Waals surface area contributed by atoms with Crippen LogP contribution in [0.3, 0.4) is 0 Å². The third kappa shape index (κ3) is 4.76. The molecule has 29 heavy (non-hydrogen) atoms. The molecule has 0 aromatic heterocycles. The summed E-state index contributed by atoms with van der Waals surface area (Å²) in [7, 11) is 0. The van der Waals surface area contributed by atoms with Gasteiger partial charge in [-0.1, -0.05) is 0 Å². The van der Waals surface area contributed by atoms with E-state index in [0.29, 0.717) is 17.2 Å². The zero-order chi connectivity index (χ0) is 21.1. The van der Waals surface area contributed by atoms with E-state index in [1.165, 1.54) is 6.08 Å². The molecule has 0 bridgehead atoms. The highest BCUT2D eigenvalue weighted by molar-refractivity contribution is 5.98.